The van der Waals surface area contributed by atoms with Crippen LogP contribution in [0.1, 0.15) is 44.2 Å². The van der Waals surface area contributed by atoms with E-state index in [1.165, 1.54) is 10.9 Å². The molecule has 1 saturated carbocycles. The number of halogens is 1. The van der Waals surface area contributed by atoms with Crippen molar-refractivity contribution in [3.8, 4) is 17.6 Å². The van der Waals surface area contributed by atoms with Gasteiger partial charge in [-0.3, -0.25) is 9.36 Å². The summed E-state index contributed by atoms with van der Waals surface area (Å²) in [6.07, 6.45) is -0.357. The highest BCUT2D eigenvalue weighted by Gasteiger charge is 2.48. The third-order valence-corrected chi connectivity index (χ3v) is 7.95. The lowest BCUT2D eigenvalue weighted by molar-refractivity contribution is -0.137. The zero-order valence-corrected chi connectivity index (χ0v) is 23.3. The van der Waals surface area contributed by atoms with Gasteiger partial charge in [-0.25, -0.2) is 19.7 Å². The molecule has 2 aromatic heterocycles. The number of fused-ring (bicyclic) bond motifs is 1. The Morgan fingerprint density at radius 3 is 2.64 bits per heavy atom. The van der Waals surface area contributed by atoms with Crippen molar-refractivity contribution in [1.82, 2.24) is 29.7 Å². The van der Waals surface area contributed by atoms with E-state index < -0.39 is 36.5 Å². The quantitative estimate of drug-likeness (QED) is 0.317. The summed E-state index contributed by atoms with van der Waals surface area (Å²) in [4.78, 5) is 39.6. The highest BCUT2D eigenvalue weighted by atomic mass is 35.5. The van der Waals surface area contributed by atoms with E-state index in [1.54, 1.807) is 29.2 Å². The number of aliphatic hydroxyl groups excluding tert-OH is 2. The SMILES string of the molecule is Nc1nc(C#CCC2CCN(C(=O)Oc3ccccc3Cl)CC2)nc2c1ncn2C1OC(C(=O)NC2CC2)[C@H](O)[C@@H]1O. The van der Waals surface area contributed by atoms with Crippen LogP contribution in [0.5, 0.6) is 5.75 Å². The molecule has 1 aromatic carbocycles. The van der Waals surface area contributed by atoms with Gasteiger partial charge in [0.25, 0.3) is 5.91 Å². The van der Waals surface area contributed by atoms with Crippen LogP contribution in [0.15, 0.2) is 30.6 Å². The zero-order chi connectivity index (χ0) is 29.4. The van der Waals surface area contributed by atoms with Crippen LogP contribution in [0.3, 0.4) is 0 Å². The third-order valence-electron chi connectivity index (χ3n) is 7.64. The number of nitrogens with zero attached hydrogens (tertiary/aromatic N) is 5. The van der Waals surface area contributed by atoms with Gasteiger partial charge in [0.15, 0.2) is 29.5 Å². The van der Waals surface area contributed by atoms with Crippen molar-refractivity contribution in [1.29, 1.82) is 0 Å². The molecule has 0 bridgehead atoms. The molecule has 6 rings (SSSR count). The van der Waals surface area contributed by atoms with E-state index >= 15 is 0 Å². The molecule has 2 saturated heterocycles. The largest absolute Gasteiger partial charge is 0.415 e. The fourth-order valence-electron chi connectivity index (χ4n) is 5.08. The average molecular weight is 596 g/mol. The highest BCUT2D eigenvalue weighted by molar-refractivity contribution is 6.32. The lowest BCUT2D eigenvalue weighted by Crippen LogP contribution is -2.43. The highest BCUT2D eigenvalue weighted by Crippen LogP contribution is 2.33. The number of imidazole rings is 1. The van der Waals surface area contributed by atoms with Crippen LogP contribution in [0.4, 0.5) is 10.6 Å². The topological polar surface area (TPSA) is 178 Å². The molecule has 3 aromatic rings. The number of aromatic nitrogens is 4. The van der Waals surface area contributed by atoms with E-state index in [1.807, 2.05) is 0 Å². The van der Waals surface area contributed by atoms with Gasteiger partial charge in [0.05, 0.1) is 11.3 Å². The smallest absolute Gasteiger partial charge is 0.409 e. The molecule has 0 spiro atoms. The standard InChI is InChI=1S/C28H30ClN7O6/c29-17-5-1-2-6-18(17)41-28(40)35-12-10-15(11-13-35)4-3-7-19-33-24(30)20-25(34-19)36(14-31-20)27-22(38)21(37)23(42-27)26(39)32-16-8-9-16/h1-2,5-6,14-16,21-23,27,37-38H,4,8-13H2,(H,32,39)(H2,30,33,34)/t21-,22+,23?,27?/m1/s1. The number of rotatable bonds is 5. The summed E-state index contributed by atoms with van der Waals surface area (Å²) >= 11 is 6.09. The van der Waals surface area contributed by atoms with E-state index in [0.29, 0.717) is 30.3 Å². The number of likely N-dealkylation sites (tertiary alicyclic amines) is 1. The fraction of sp³-hybridized carbons (Fsp3) is 0.464. The molecule has 1 aliphatic carbocycles. The number of piperidine rings is 1. The van der Waals surface area contributed by atoms with E-state index in [0.717, 1.165) is 25.7 Å². The number of nitrogens with one attached hydrogen (secondary N) is 1. The number of anilines is 1. The monoisotopic (exact) mass is 595 g/mol. The van der Waals surface area contributed by atoms with Gasteiger partial charge in [-0.15, -0.1) is 0 Å². The Hall–Kier alpha value is -3.96. The molecule has 4 atom stereocenters. The van der Waals surface area contributed by atoms with Crippen LogP contribution in [-0.4, -0.2) is 84.1 Å². The normalized spacial score (nSPS) is 24.3. The molecule has 2 amide bonds. The summed E-state index contributed by atoms with van der Waals surface area (Å²) in [6.45, 7) is 1.08. The summed E-state index contributed by atoms with van der Waals surface area (Å²) in [5.41, 5.74) is 6.67. The van der Waals surface area contributed by atoms with Gasteiger partial charge in [0, 0.05) is 25.6 Å². The first kappa shape index (κ1) is 28.2. The van der Waals surface area contributed by atoms with Gasteiger partial charge in [0.2, 0.25) is 5.82 Å². The first-order chi connectivity index (χ1) is 20.3. The van der Waals surface area contributed by atoms with Crippen molar-refractivity contribution in [2.45, 2.75) is 62.7 Å². The summed E-state index contributed by atoms with van der Waals surface area (Å²) in [7, 11) is 0. The molecule has 220 valence electrons. The second-order valence-corrected chi connectivity index (χ2v) is 11.1. The van der Waals surface area contributed by atoms with Gasteiger partial charge in [0.1, 0.15) is 17.7 Å². The summed E-state index contributed by atoms with van der Waals surface area (Å²) in [6, 6.07) is 6.92. The van der Waals surface area contributed by atoms with Crippen LogP contribution < -0.4 is 15.8 Å². The number of carbonyl (C=O) groups excluding carboxylic acids is 2. The maximum atomic E-state index is 12.5. The molecular formula is C28H30ClN7O6. The molecule has 13 nitrogen and oxygen atoms in total. The van der Waals surface area contributed by atoms with Crippen LogP contribution in [0.25, 0.3) is 11.2 Å². The van der Waals surface area contributed by atoms with Gasteiger partial charge in [-0.1, -0.05) is 29.7 Å². The van der Waals surface area contributed by atoms with Crippen LogP contribution in [0.2, 0.25) is 5.02 Å². The van der Waals surface area contributed by atoms with Gasteiger partial charge in [-0.2, -0.15) is 0 Å². The Balaban J connectivity index is 1.08. The molecule has 2 unspecified atom stereocenters. The van der Waals surface area contributed by atoms with Crippen molar-refractivity contribution in [3.63, 3.8) is 0 Å². The van der Waals surface area contributed by atoms with Crippen molar-refractivity contribution in [2.75, 3.05) is 18.8 Å². The Kier molecular flexibility index (Phi) is 7.87. The summed E-state index contributed by atoms with van der Waals surface area (Å²) in [5.74, 6) is 6.46. The van der Waals surface area contributed by atoms with Crippen LogP contribution in [-0.2, 0) is 9.53 Å². The number of nitrogens with two attached hydrogens (primary N) is 1. The van der Waals surface area contributed by atoms with E-state index in [2.05, 4.69) is 32.1 Å². The molecule has 4 heterocycles. The fourth-order valence-corrected chi connectivity index (χ4v) is 5.25. The number of hydrogen-bond donors (Lipinski definition) is 4. The Morgan fingerprint density at radius 2 is 1.90 bits per heavy atom. The number of aliphatic hydroxyl groups is 2. The molecule has 0 radical (unpaired) electrons. The first-order valence-electron chi connectivity index (χ1n) is 13.8. The molecular weight excluding hydrogens is 566 g/mol. The summed E-state index contributed by atoms with van der Waals surface area (Å²) < 4.78 is 12.6. The molecule has 3 aliphatic rings. The van der Waals surface area contributed by atoms with Crippen LogP contribution in [0, 0.1) is 17.8 Å². The lowest BCUT2D eigenvalue weighted by atomic mass is 9.94. The van der Waals surface area contributed by atoms with Crippen LogP contribution >= 0.6 is 11.6 Å². The maximum absolute atomic E-state index is 12.5. The number of nitrogen functional groups attached to an aromatic ring is 1. The number of benzene rings is 1. The molecule has 14 heteroatoms. The second kappa shape index (κ2) is 11.7. The lowest BCUT2D eigenvalue weighted by Gasteiger charge is -2.30. The Bertz CT molecular complexity index is 1560. The van der Waals surface area contributed by atoms with Crippen molar-refractivity contribution in [3.05, 3.63) is 41.4 Å². The maximum Gasteiger partial charge on any atom is 0.415 e. The number of amides is 2. The molecule has 3 fully saturated rings. The van der Waals surface area contributed by atoms with Crippen molar-refractivity contribution >= 4 is 40.6 Å². The Labute approximate surface area is 246 Å². The minimum Gasteiger partial charge on any atom is -0.409 e. The third kappa shape index (κ3) is 5.84. The van der Waals surface area contributed by atoms with E-state index in [-0.39, 0.29) is 34.8 Å². The second-order valence-electron chi connectivity index (χ2n) is 10.7. The molecule has 42 heavy (non-hydrogen) atoms. The van der Waals surface area contributed by atoms with Gasteiger partial charge < -0.3 is 35.6 Å². The minimum absolute atomic E-state index is 0.0792. The summed E-state index contributed by atoms with van der Waals surface area (Å²) in [5, 5.41) is 24.3. The Morgan fingerprint density at radius 1 is 1.14 bits per heavy atom. The molecule has 2 aliphatic heterocycles. The van der Waals surface area contributed by atoms with E-state index in [4.69, 9.17) is 26.8 Å². The van der Waals surface area contributed by atoms with Crippen molar-refractivity contribution in [2.24, 2.45) is 5.92 Å². The van der Waals surface area contributed by atoms with Gasteiger partial charge in [-0.05, 0) is 49.7 Å². The number of carbonyl (C=O) groups is 2. The van der Waals surface area contributed by atoms with Crippen molar-refractivity contribution < 1.29 is 29.3 Å². The predicted octanol–water partition coefficient (Wildman–Crippen LogP) is 1.61. The van der Waals surface area contributed by atoms with Gasteiger partial charge >= 0.3 is 6.09 Å². The zero-order valence-electron chi connectivity index (χ0n) is 22.5. The predicted molar refractivity (Wildman–Crippen MR) is 150 cm³/mol. The minimum atomic E-state index is -1.42. The number of ether oxygens (including phenoxy) is 2. The number of hydrogen-bond acceptors (Lipinski definition) is 10. The number of para-hydroxylation sites is 1. The molecule has 5 N–H and O–H groups in total. The van der Waals surface area contributed by atoms with E-state index in [9.17, 15) is 19.8 Å². The first-order valence-corrected chi connectivity index (χ1v) is 14.2. The average Bonchev–Trinajstić information content (AvgIpc) is 3.61.